The van der Waals surface area contributed by atoms with Gasteiger partial charge in [0.2, 0.25) is 0 Å². The zero-order valence-electron chi connectivity index (χ0n) is 18.5. The summed E-state index contributed by atoms with van der Waals surface area (Å²) in [5.74, 6) is -1.33. The van der Waals surface area contributed by atoms with Crippen molar-refractivity contribution in [2.45, 2.75) is 19.3 Å². The highest BCUT2D eigenvalue weighted by molar-refractivity contribution is 5.56. The number of phenolic OH excluding ortho intramolecular Hbond substituents is 8. The van der Waals surface area contributed by atoms with Crippen LogP contribution in [-0.2, 0) is 19.3 Å². The molecular weight excluding hydrogens is 452 g/mol. The lowest BCUT2D eigenvalue weighted by molar-refractivity contribution is 0.432. The maximum absolute atomic E-state index is 10.9. The molecule has 0 aliphatic carbocycles. The van der Waals surface area contributed by atoms with Gasteiger partial charge < -0.3 is 40.9 Å². The van der Waals surface area contributed by atoms with Crippen LogP contribution in [-0.4, -0.2) is 40.9 Å². The third-order valence-corrected chi connectivity index (χ3v) is 5.89. The van der Waals surface area contributed by atoms with Gasteiger partial charge in [0.1, 0.15) is 46.0 Å². The molecule has 4 aromatic carbocycles. The zero-order valence-corrected chi connectivity index (χ0v) is 18.5. The van der Waals surface area contributed by atoms with Gasteiger partial charge in [0.25, 0.3) is 0 Å². The van der Waals surface area contributed by atoms with E-state index in [4.69, 9.17) is 0 Å². The molecule has 0 aromatic heterocycles. The van der Waals surface area contributed by atoms with E-state index in [0.717, 1.165) is 6.07 Å². The third kappa shape index (κ3) is 4.96. The maximum atomic E-state index is 10.9. The summed E-state index contributed by atoms with van der Waals surface area (Å²) in [6, 6.07) is 13.8. The molecule has 0 radical (unpaired) electrons. The van der Waals surface area contributed by atoms with Gasteiger partial charge >= 0.3 is 0 Å². The lowest BCUT2D eigenvalue weighted by Crippen LogP contribution is -1.98. The van der Waals surface area contributed by atoms with Gasteiger partial charge in [-0.05, 0) is 52.1 Å². The Bertz CT molecular complexity index is 1410. The summed E-state index contributed by atoms with van der Waals surface area (Å²) >= 11 is 0. The Labute approximate surface area is 200 Å². The highest BCUT2D eigenvalue weighted by Crippen LogP contribution is 2.38. The third-order valence-electron chi connectivity index (χ3n) is 5.89. The maximum Gasteiger partial charge on any atom is 0.126 e. The van der Waals surface area contributed by atoms with Crippen LogP contribution in [0.25, 0.3) is 0 Å². The van der Waals surface area contributed by atoms with E-state index in [9.17, 15) is 40.9 Å². The van der Waals surface area contributed by atoms with Crippen LogP contribution in [0.4, 0.5) is 0 Å². The molecule has 35 heavy (non-hydrogen) atoms. The number of phenols is 8. The minimum absolute atomic E-state index is 0.00937. The van der Waals surface area contributed by atoms with E-state index in [0.29, 0.717) is 27.8 Å². The Kier molecular flexibility index (Phi) is 6.20. The topological polar surface area (TPSA) is 162 Å². The second-order valence-electron chi connectivity index (χ2n) is 8.34. The fourth-order valence-corrected chi connectivity index (χ4v) is 3.95. The average molecular weight is 476 g/mol. The smallest absolute Gasteiger partial charge is 0.126 e. The number of aromatic hydroxyl groups is 8. The van der Waals surface area contributed by atoms with E-state index in [1.54, 1.807) is 6.07 Å². The van der Waals surface area contributed by atoms with Crippen LogP contribution in [0.2, 0.25) is 0 Å². The molecule has 0 aliphatic heterocycles. The molecule has 4 rings (SSSR count). The number of hydrogen-bond donors (Lipinski definition) is 8. The lowest BCUT2D eigenvalue weighted by atomic mass is 9.94. The molecule has 0 amide bonds. The van der Waals surface area contributed by atoms with Crippen LogP contribution in [0.15, 0.2) is 60.7 Å². The van der Waals surface area contributed by atoms with Crippen LogP contribution >= 0.6 is 0 Å². The first-order chi connectivity index (χ1) is 16.6. The van der Waals surface area contributed by atoms with Crippen molar-refractivity contribution in [1.29, 1.82) is 0 Å². The van der Waals surface area contributed by atoms with Gasteiger partial charge in [0, 0.05) is 43.0 Å². The molecule has 4 aromatic rings. The minimum Gasteiger partial charge on any atom is -0.508 e. The van der Waals surface area contributed by atoms with Crippen molar-refractivity contribution in [3.63, 3.8) is 0 Å². The Balaban J connectivity index is 1.66. The summed E-state index contributed by atoms with van der Waals surface area (Å²) in [5, 5.41) is 81.0. The predicted octanol–water partition coefficient (Wildman–Crippen LogP) is 4.10. The molecule has 8 nitrogen and oxygen atoms in total. The first kappa shape index (κ1) is 23.4. The standard InChI is InChI=1S/C27H24O8/c28-19-4-1-14(23(31)11-19)7-17-9-18(26(34)13-25(17)33)8-16-3-6-22(30)21(27(16)35)10-15-2-5-20(29)12-24(15)32/h1-6,9,11-13,28-35H,7-8,10H2. The van der Waals surface area contributed by atoms with E-state index in [2.05, 4.69) is 0 Å². The first-order valence-corrected chi connectivity index (χ1v) is 10.7. The predicted molar refractivity (Wildman–Crippen MR) is 128 cm³/mol. The van der Waals surface area contributed by atoms with Crippen molar-refractivity contribution in [2.75, 3.05) is 0 Å². The molecule has 0 unspecified atom stereocenters. The second-order valence-corrected chi connectivity index (χ2v) is 8.34. The molecule has 180 valence electrons. The van der Waals surface area contributed by atoms with Gasteiger partial charge in [-0.2, -0.15) is 0 Å². The molecule has 0 fully saturated rings. The average Bonchev–Trinajstić information content (AvgIpc) is 2.79. The molecule has 0 spiro atoms. The Morgan fingerprint density at radius 2 is 0.829 bits per heavy atom. The summed E-state index contributed by atoms with van der Waals surface area (Å²) in [7, 11) is 0. The lowest BCUT2D eigenvalue weighted by Gasteiger charge is -2.15. The monoisotopic (exact) mass is 476 g/mol. The van der Waals surface area contributed by atoms with E-state index < -0.39 is 0 Å². The number of rotatable bonds is 6. The van der Waals surface area contributed by atoms with E-state index in [1.165, 1.54) is 48.5 Å². The van der Waals surface area contributed by atoms with Crippen molar-refractivity contribution in [3.05, 3.63) is 94.0 Å². The first-order valence-electron chi connectivity index (χ1n) is 10.7. The molecule has 0 heterocycles. The Morgan fingerprint density at radius 1 is 0.371 bits per heavy atom. The Morgan fingerprint density at radius 3 is 1.37 bits per heavy atom. The largest absolute Gasteiger partial charge is 0.508 e. The van der Waals surface area contributed by atoms with Crippen molar-refractivity contribution in [3.8, 4) is 46.0 Å². The normalized spacial score (nSPS) is 11.0. The summed E-state index contributed by atoms with van der Waals surface area (Å²) < 4.78 is 0. The van der Waals surface area contributed by atoms with Gasteiger partial charge in [0.05, 0.1) is 0 Å². The summed E-state index contributed by atoms with van der Waals surface area (Å²) in [6.07, 6.45) is 0.171. The summed E-state index contributed by atoms with van der Waals surface area (Å²) in [5.41, 5.74) is 2.18. The molecule has 0 saturated carbocycles. The molecular formula is C27H24O8. The zero-order chi connectivity index (χ0) is 25.3. The van der Waals surface area contributed by atoms with E-state index in [1.807, 2.05) is 0 Å². The van der Waals surface area contributed by atoms with Crippen LogP contribution in [0.3, 0.4) is 0 Å². The Hall–Kier alpha value is -4.72. The number of benzene rings is 4. The van der Waals surface area contributed by atoms with Crippen molar-refractivity contribution in [2.24, 2.45) is 0 Å². The van der Waals surface area contributed by atoms with Crippen molar-refractivity contribution in [1.82, 2.24) is 0 Å². The number of hydrogen-bond acceptors (Lipinski definition) is 8. The van der Waals surface area contributed by atoms with Crippen molar-refractivity contribution >= 4 is 0 Å². The summed E-state index contributed by atoms with van der Waals surface area (Å²) in [6.45, 7) is 0. The highest BCUT2D eigenvalue weighted by Gasteiger charge is 2.18. The van der Waals surface area contributed by atoms with Gasteiger partial charge in [-0.15, -0.1) is 0 Å². The second kappa shape index (κ2) is 9.26. The quantitative estimate of drug-likeness (QED) is 0.206. The van der Waals surface area contributed by atoms with Crippen LogP contribution in [0.5, 0.6) is 46.0 Å². The molecule has 0 bridgehead atoms. The van der Waals surface area contributed by atoms with Gasteiger partial charge in [-0.3, -0.25) is 0 Å². The molecule has 8 heteroatoms. The fourth-order valence-electron chi connectivity index (χ4n) is 3.95. The van der Waals surface area contributed by atoms with Crippen molar-refractivity contribution < 1.29 is 40.9 Å². The van der Waals surface area contributed by atoms with E-state index >= 15 is 0 Å². The van der Waals surface area contributed by atoms with Gasteiger partial charge in [-0.1, -0.05) is 18.2 Å². The molecule has 0 atom stereocenters. The minimum atomic E-state index is -0.220. The summed E-state index contributed by atoms with van der Waals surface area (Å²) in [4.78, 5) is 0. The van der Waals surface area contributed by atoms with Crippen LogP contribution < -0.4 is 0 Å². The SMILES string of the molecule is Oc1ccc(Cc2cc(Cc3ccc(O)c(Cc4ccc(O)cc4O)c3O)c(O)cc2O)c(O)c1. The highest BCUT2D eigenvalue weighted by atomic mass is 16.3. The van der Waals surface area contributed by atoms with Gasteiger partial charge in [0.15, 0.2) is 0 Å². The molecule has 8 N–H and O–H groups in total. The molecule has 0 saturated heterocycles. The van der Waals surface area contributed by atoms with Gasteiger partial charge in [-0.25, -0.2) is 0 Å². The fraction of sp³-hybridized carbons (Fsp3) is 0.111. The van der Waals surface area contributed by atoms with E-state index in [-0.39, 0.29) is 70.8 Å². The van der Waals surface area contributed by atoms with Crippen LogP contribution in [0.1, 0.15) is 33.4 Å². The van der Waals surface area contributed by atoms with Crippen LogP contribution in [0, 0.1) is 0 Å². The molecule has 0 aliphatic rings.